The molecule has 1 aliphatic rings. The van der Waals surface area contributed by atoms with Crippen molar-refractivity contribution < 1.29 is 0 Å². The normalized spacial score (nSPS) is 16.7. The van der Waals surface area contributed by atoms with Crippen LogP contribution in [0.25, 0.3) is 0 Å². The fraction of sp³-hybridized carbons (Fsp3) is 0.667. The van der Waals surface area contributed by atoms with E-state index in [2.05, 4.69) is 21.9 Å². The molecule has 0 aromatic carbocycles. The Balaban J connectivity index is 2.04. The fourth-order valence-corrected chi connectivity index (χ4v) is 2.61. The van der Waals surface area contributed by atoms with E-state index in [4.69, 9.17) is 11.6 Å². The number of rotatable bonds is 3. The van der Waals surface area contributed by atoms with Crippen molar-refractivity contribution in [2.45, 2.75) is 32.6 Å². The van der Waals surface area contributed by atoms with E-state index in [9.17, 15) is 0 Å². The van der Waals surface area contributed by atoms with Crippen LogP contribution < -0.4 is 4.90 Å². The highest BCUT2D eigenvalue weighted by atomic mass is 35.5. The van der Waals surface area contributed by atoms with Crippen molar-refractivity contribution in [3.63, 3.8) is 0 Å². The number of nitrogens with zero attached hydrogens (tertiary/aromatic N) is 3. The lowest BCUT2D eigenvalue weighted by molar-refractivity contribution is 0.544. The molecule has 1 aliphatic carbocycles. The first kappa shape index (κ1) is 11.6. The number of hydrogen-bond acceptors (Lipinski definition) is 3. The summed E-state index contributed by atoms with van der Waals surface area (Å²) in [5.74, 6) is 2.49. The summed E-state index contributed by atoms with van der Waals surface area (Å²) in [6, 6.07) is 1.84. The molecule has 1 aromatic rings. The van der Waals surface area contributed by atoms with Gasteiger partial charge in [0.25, 0.3) is 0 Å². The molecule has 16 heavy (non-hydrogen) atoms. The van der Waals surface area contributed by atoms with Crippen LogP contribution in [0.2, 0.25) is 5.15 Å². The summed E-state index contributed by atoms with van der Waals surface area (Å²) in [4.78, 5) is 10.7. The van der Waals surface area contributed by atoms with E-state index in [1.165, 1.54) is 25.7 Å². The molecule has 88 valence electrons. The first-order chi connectivity index (χ1) is 7.65. The van der Waals surface area contributed by atoms with Crippen LogP contribution in [0.4, 0.5) is 5.82 Å². The minimum absolute atomic E-state index is 0.528. The lowest BCUT2D eigenvalue weighted by atomic mass is 10.1. The summed E-state index contributed by atoms with van der Waals surface area (Å²) < 4.78 is 0. The molecule has 0 saturated heterocycles. The van der Waals surface area contributed by atoms with Crippen LogP contribution in [0, 0.1) is 12.8 Å². The quantitative estimate of drug-likeness (QED) is 0.760. The SMILES string of the molecule is Cc1nc(Cl)cc(N(C)CC2CCCC2)n1. The maximum absolute atomic E-state index is 5.93. The van der Waals surface area contributed by atoms with Crippen molar-refractivity contribution in [1.82, 2.24) is 9.97 Å². The highest BCUT2D eigenvalue weighted by Crippen LogP contribution is 2.26. The minimum atomic E-state index is 0.528. The zero-order chi connectivity index (χ0) is 11.5. The van der Waals surface area contributed by atoms with Crippen LogP contribution in [-0.2, 0) is 0 Å². The smallest absolute Gasteiger partial charge is 0.134 e. The highest BCUT2D eigenvalue weighted by Gasteiger charge is 2.17. The van der Waals surface area contributed by atoms with Crippen LogP contribution in [0.5, 0.6) is 0 Å². The highest BCUT2D eigenvalue weighted by molar-refractivity contribution is 6.29. The van der Waals surface area contributed by atoms with Crippen molar-refractivity contribution in [2.75, 3.05) is 18.5 Å². The number of halogens is 1. The molecule has 0 N–H and O–H groups in total. The van der Waals surface area contributed by atoms with Gasteiger partial charge < -0.3 is 4.90 Å². The van der Waals surface area contributed by atoms with E-state index in [1.54, 1.807) is 0 Å². The summed E-state index contributed by atoms with van der Waals surface area (Å²) in [6.45, 7) is 2.95. The molecule has 2 rings (SSSR count). The molecule has 1 heterocycles. The van der Waals surface area contributed by atoms with Crippen LogP contribution in [0.1, 0.15) is 31.5 Å². The van der Waals surface area contributed by atoms with Gasteiger partial charge in [-0.2, -0.15) is 0 Å². The Morgan fingerprint density at radius 2 is 2.06 bits per heavy atom. The summed E-state index contributed by atoms with van der Waals surface area (Å²) in [5.41, 5.74) is 0. The molecule has 0 amide bonds. The second-order valence-corrected chi connectivity index (χ2v) is 5.01. The average Bonchev–Trinajstić information content (AvgIpc) is 2.68. The van der Waals surface area contributed by atoms with Crippen LogP contribution in [0.15, 0.2) is 6.07 Å². The minimum Gasteiger partial charge on any atom is -0.359 e. The van der Waals surface area contributed by atoms with Gasteiger partial charge in [-0.3, -0.25) is 0 Å². The first-order valence-electron chi connectivity index (χ1n) is 5.87. The maximum Gasteiger partial charge on any atom is 0.134 e. The second kappa shape index (κ2) is 5.00. The first-order valence-corrected chi connectivity index (χ1v) is 6.25. The number of anilines is 1. The largest absolute Gasteiger partial charge is 0.359 e. The molecule has 0 bridgehead atoms. The predicted molar refractivity (Wildman–Crippen MR) is 67.0 cm³/mol. The van der Waals surface area contributed by atoms with Gasteiger partial charge in [0.1, 0.15) is 16.8 Å². The van der Waals surface area contributed by atoms with Crippen molar-refractivity contribution in [1.29, 1.82) is 0 Å². The number of aromatic nitrogens is 2. The van der Waals surface area contributed by atoms with Gasteiger partial charge in [0.05, 0.1) is 0 Å². The summed E-state index contributed by atoms with van der Waals surface area (Å²) in [5, 5.41) is 0.528. The van der Waals surface area contributed by atoms with Crippen molar-refractivity contribution in [3.05, 3.63) is 17.0 Å². The Morgan fingerprint density at radius 3 is 2.69 bits per heavy atom. The molecule has 0 aliphatic heterocycles. The van der Waals surface area contributed by atoms with Gasteiger partial charge in [0.15, 0.2) is 0 Å². The molecule has 1 aromatic heterocycles. The molecular weight excluding hydrogens is 222 g/mol. The van der Waals surface area contributed by atoms with Crippen molar-refractivity contribution in [2.24, 2.45) is 5.92 Å². The Hall–Kier alpha value is -0.830. The predicted octanol–water partition coefficient (Wildman–Crippen LogP) is 3.06. The molecular formula is C12H18ClN3. The monoisotopic (exact) mass is 239 g/mol. The van der Waals surface area contributed by atoms with Gasteiger partial charge in [-0.05, 0) is 25.7 Å². The zero-order valence-electron chi connectivity index (χ0n) is 9.91. The van der Waals surface area contributed by atoms with Gasteiger partial charge in [-0.25, -0.2) is 9.97 Å². The third-order valence-electron chi connectivity index (χ3n) is 3.19. The summed E-state index contributed by atoms with van der Waals surface area (Å²) >= 11 is 5.93. The van der Waals surface area contributed by atoms with E-state index in [1.807, 2.05) is 13.0 Å². The third-order valence-corrected chi connectivity index (χ3v) is 3.38. The van der Waals surface area contributed by atoms with Crippen LogP contribution >= 0.6 is 11.6 Å². The van der Waals surface area contributed by atoms with Crippen LogP contribution in [-0.4, -0.2) is 23.6 Å². The molecule has 0 spiro atoms. The molecule has 4 heteroatoms. The molecule has 0 radical (unpaired) electrons. The van der Waals surface area contributed by atoms with Gasteiger partial charge >= 0.3 is 0 Å². The van der Waals surface area contributed by atoms with Gasteiger partial charge in [0.2, 0.25) is 0 Å². The van der Waals surface area contributed by atoms with E-state index in [0.717, 1.165) is 24.1 Å². The lowest BCUT2D eigenvalue weighted by Crippen LogP contribution is -2.25. The van der Waals surface area contributed by atoms with Crippen molar-refractivity contribution in [3.8, 4) is 0 Å². The van der Waals surface area contributed by atoms with Crippen molar-refractivity contribution >= 4 is 17.4 Å². The van der Waals surface area contributed by atoms with E-state index in [0.29, 0.717) is 5.15 Å². The maximum atomic E-state index is 5.93. The molecule has 1 saturated carbocycles. The van der Waals surface area contributed by atoms with Crippen LogP contribution in [0.3, 0.4) is 0 Å². The second-order valence-electron chi connectivity index (χ2n) is 4.63. The summed E-state index contributed by atoms with van der Waals surface area (Å²) in [7, 11) is 2.08. The number of hydrogen-bond donors (Lipinski definition) is 0. The molecule has 0 unspecified atom stereocenters. The van der Waals surface area contributed by atoms with Gasteiger partial charge in [0, 0.05) is 19.7 Å². The Morgan fingerprint density at radius 1 is 1.38 bits per heavy atom. The topological polar surface area (TPSA) is 29.0 Å². The van der Waals surface area contributed by atoms with E-state index in [-0.39, 0.29) is 0 Å². The lowest BCUT2D eigenvalue weighted by Gasteiger charge is -2.22. The van der Waals surface area contributed by atoms with Gasteiger partial charge in [-0.1, -0.05) is 24.4 Å². The third kappa shape index (κ3) is 2.85. The van der Waals surface area contributed by atoms with E-state index >= 15 is 0 Å². The molecule has 0 atom stereocenters. The van der Waals surface area contributed by atoms with Gasteiger partial charge in [-0.15, -0.1) is 0 Å². The Bertz CT molecular complexity index is 341. The number of aryl methyl sites for hydroxylation is 1. The standard InChI is InChI=1S/C12H18ClN3/c1-9-14-11(13)7-12(15-9)16(2)8-10-5-3-4-6-10/h7,10H,3-6,8H2,1-2H3. The Kier molecular flexibility index (Phi) is 3.64. The fourth-order valence-electron chi connectivity index (χ4n) is 2.39. The molecule has 1 fully saturated rings. The van der Waals surface area contributed by atoms with E-state index < -0.39 is 0 Å². The zero-order valence-corrected chi connectivity index (χ0v) is 10.7. The molecule has 3 nitrogen and oxygen atoms in total. The Labute approximate surface area is 102 Å². The summed E-state index contributed by atoms with van der Waals surface area (Å²) in [6.07, 6.45) is 5.45. The average molecular weight is 240 g/mol.